The standard InChI is InChI=1S/C24H27N5O5/c1-14-18(15(2)29(3)28-14)12-25-24(26-17-7-9-19(31-4)21(11-17)32-5)27-23(30)16-6-8-20-22(10-16)34-13-33-20/h6-11H,12-13H2,1-5H3,(H2,25,26,27,30). The molecule has 1 amide bonds. The number of nitrogens with one attached hydrogen (secondary N) is 2. The lowest BCUT2D eigenvalue weighted by Crippen LogP contribution is -2.36. The highest BCUT2D eigenvalue weighted by molar-refractivity contribution is 6.10. The van der Waals surface area contributed by atoms with E-state index in [0.29, 0.717) is 40.8 Å². The minimum atomic E-state index is -0.343. The molecule has 0 spiro atoms. The molecule has 1 aromatic heterocycles. The van der Waals surface area contributed by atoms with Crippen molar-refractivity contribution in [2.45, 2.75) is 20.4 Å². The van der Waals surface area contributed by atoms with E-state index in [-0.39, 0.29) is 18.7 Å². The number of methoxy groups -OCH3 is 2. The van der Waals surface area contributed by atoms with Crippen LogP contribution in [0.25, 0.3) is 0 Å². The Morgan fingerprint density at radius 3 is 2.56 bits per heavy atom. The molecule has 2 aromatic carbocycles. The van der Waals surface area contributed by atoms with Gasteiger partial charge in [-0.15, -0.1) is 0 Å². The fourth-order valence-electron chi connectivity index (χ4n) is 3.58. The Balaban J connectivity index is 1.61. The van der Waals surface area contributed by atoms with Gasteiger partial charge < -0.3 is 24.3 Å². The third-order valence-electron chi connectivity index (χ3n) is 5.57. The number of aryl methyl sites for hydroxylation is 2. The van der Waals surface area contributed by atoms with Crippen molar-refractivity contribution in [3.8, 4) is 23.0 Å². The number of aliphatic imine (C=N–C) groups is 1. The summed E-state index contributed by atoms with van der Waals surface area (Å²) in [7, 11) is 5.02. The Bertz CT molecular complexity index is 1250. The third-order valence-corrected chi connectivity index (χ3v) is 5.57. The predicted octanol–water partition coefficient (Wildman–Crippen LogP) is 3.18. The zero-order chi connectivity index (χ0) is 24.2. The first-order valence-corrected chi connectivity index (χ1v) is 10.6. The third kappa shape index (κ3) is 4.75. The largest absolute Gasteiger partial charge is 0.493 e. The lowest BCUT2D eigenvalue weighted by atomic mass is 10.2. The van der Waals surface area contributed by atoms with Crippen LogP contribution in [0.2, 0.25) is 0 Å². The Morgan fingerprint density at radius 2 is 1.85 bits per heavy atom. The highest BCUT2D eigenvalue weighted by Gasteiger charge is 2.18. The van der Waals surface area contributed by atoms with Crippen molar-refractivity contribution in [3.63, 3.8) is 0 Å². The summed E-state index contributed by atoms with van der Waals surface area (Å²) in [5.41, 5.74) is 3.97. The van der Waals surface area contributed by atoms with Crippen LogP contribution in [0.4, 0.5) is 5.69 Å². The van der Waals surface area contributed by atoms with Crippen LogP contribution in [0.15, 0.2) is 41.4 Å². The van der Waals surface area contributed by atoms with E-state index in [1.807, 2.05) is 31.6 Å². The summed E-state index contributed by atoms with van der Waals surface area (Å²) >= 11 is 0. The van der Waals surface area contributed by atoms with Gasteiger partial charge in [0.05, 0.1) is 26.5 Å². The molecule has 1 aliphatic rings. The molecule has 2 heterocycles. The molecule has 4 rings (SSSR count). The highest BCUT2D eigenvalue weighted by Crippen LogP contribution is 2.32. The van der Waals surface area contributed by atoms with Gasteiger partial charge in [0.1, 0.15) is 0 Å². The maximum absolute atomic E-state index is 13.0. The minimum Gasteiger partial charge on any atom is -0.493 e. The van der Waals surface area contributed by atoms with Crippen LogP contribution in [0, 0.1) is 13.8 Å². The number of guanidine groups is 1. The summed E-state index contributed by atoms with van der Waals surface area (Å²) in [6.45, 7) is 4.39. The van der Waals surface area contributed by atoms with Gasteiger partial charge in [0, 0.05) is 35.6 Å². The smallest absolute Gasteiger partial charge is 0.258 e. The second-order valence-electron chi connectivity index (χ2n) is 7.65. The van der Waals surface area contributed by atoms with Gasteiger partial charge in [-0.2, -0.15) is 5.10 Å². The molecule has 0 radical (unpaired) electrons. The van der Waals surface area contributed by atoms with Gasteiger partial charge in [-0.3, -0.25) is 14.8 Å². The fourth-order valence-corrected chi connectivity index (χ4v) is 3.58. The fraction of sp³-hybridized carbons (Fsp3) is 0.292. The first kappa shape index (κ1) is 23.0. The van der Waals surface area contributed by atoms with Gasteiger partial charge in [-0.1, -0.05) is 0 Å². The van der Waals surface area contributed by atoms with Crippen LogP contribution in [0.5, 0.6) is 23.0 Å². The van der Waals surface area contributed by atoms with Crippen LogP contribution in [0.1, 0.15) is 27.3 Å². The monoisotopic (exact) mass is 465 g/mol. The Kier molecular flexibility index (Phi) is 6.58. The number of aromatic nitrogens is 2. The number of hydrogen-bond donors (Lipinski definition) is 2. The molecular weight excluding hydrogens is 438 g/mol. The number of ether oxygens (including phenoxy) is 4. The van der Waals surface area contributed by atoms with E-state index in [1.165, 1.54) is 0 Å². The lowest BCUT2D eigenvalue weighted by Gasteiger charge is -2.14. The Labute approximate surface area is 197 Å². The van der Waals surface area contributed by atoms with Gasteiger partial charge in [0.2, 0.25) is 12.8 Å². The summed E-state index contributed by atoms with van der Waals surface area (Å²) in [5, 5.41) is 10.5. The van der Waals surface area contributed by atoms with Crippen molar-refractivity contribution < 1.29 is 23.7 Å². The number of fused-ring (bicyclic) bond motifs is 1. The molecule has 10 nitrogen and oxygen atoms in total. The zero-order valence-electron chi connectivity index (χ0n) is 19.8. The number of hydrogen-bond acceptors (Lipinski definition) is 7. The number of amides is 1. The number of benzene rings is 2. The number of nitrogens with zero attached hydrogens (tertiary/aromatic N) is 3. The molecule has 34 heavy (non-hydrogen) atoms. The van der Waals surface area contributed by atoms with E-state index < -0.39 is 0 Å². The summed E-state index contributed by atoms with van der Waals surface area (Å²) in [4.78, 5) is 17.7. The maximum atomic E-state index is 13.0. The number of carbonyl (C=O) groups is 1. The van der Waals surface area contributed by atoms with E-state index in [4.69, 9.17) is 18.9 Å². The number of carbonyl (C=O) groups excluding carboxylic acids is 1. The molecule has 3 aromatic rings. The second kappa shape index (κ2) is 9.74. The van der Waals surface area contributed by atoms with Crippen molar-refractivity contribution in [3.05, 3.63) is 58.9 Å². The molecule has 1 aliphatic heterocycles. The first-order valence-electron chi connectivity index (χ1n) is 10.6. The molecule has 2 N–H and O–H groups in total. The summed E-state index contributed by atoms with van der Waals surface area (Å²) < 4.78 is 23.2. The van der Waals surface area contributed by atoms with Gasteiger partial charge in [-0.25, -0.2) is 4.99 Å². The normalized spacial score (nSPS) is 12.4. The molecule has 0 fully saturated rings. The average molecular weight is 466 g/mol. The van der Waals surface area contributed by atoms with Crippen molar-refractivity contribution in [1.29, 1.82) is 0 Å². The van der Waals surface area contributed by atoms with E-state index in [0.717, 1.165) is 17.0 Å². The number of anilines is 1. The van der Waals surface area contributed by atoms with Crippen LogP contribution < -0.4 is 29.6 Å². The van der Waals surface area contributed by atoms with Crippen molar-refractivity contribution >= 4 is 17.6 Å². The van der Waals surface area contributed by atoms with E-state index in [9.17, 15) is 4.79 Å². The molecule has 178 valence electrons. The van der Waals surface area contributed by atoms with E-state index in [1.54, 1.807) is 44.6 Å². The highest BCUT2D eigenvalue weighted by atomic mass is 16.7. The number of rotatable bonds is 6. The van der Waals surface area contributed by atoms with Crippen LogP contribution in [0.3, 0.4) is 0 Å². The summed E-state index contributed by atoms with van der Waals surface area (Å²) in [6, 6.07) is 10.4. The molecule has 0 bridgehead atoms. The van der Waals surface area contributed by atoms with Crippen molar-refractivity contribution in [2.75, 3.05) is 26.3 Å². The van der Waals surface area contributed by atoms with Crippen LogP contribution in [-0.2, 0) is 13.6 Å². The topological polar surface area (TPSA) is 108 Å². The van der Waals surface area contributed by atoms with Gasteiger partial charge in [0.15, 0.2) is 23.0 Å². The summed E-state index contributed by atoms with van der Waals surface area (Å²) in [5.74, 6) is 2.21. The average Bonchev–Trinajstić information content (AvgIpc) is 3.40. The SMILES string of the molecule is COc1ccc(NC(=NCc2c(C)nn(C)c2C)NC(=O)c2ccc3c(c2)OCO3)cc1OC. The van der Waals surface area contributed by atoms with Crippen LogP contribution >= 0.6 is 0 Å². The van der Waals surface area contributed by atoms with E-state index in [2.05, 4.69) is 20.7 Å². The Hall–Kier alpha value is -4.21. The quantitative estimate of drug-likeness (QED) is 0.425. The Morgan fingerprint density at radius 1 is 1.09 bits per heavy atom. The summed E-state index contributed by atoms with van der Waals surface area (Å²) in [6.07, 6.45) is 0. The van der Waals surface area contributed by atoms with Crippen LogP contribution in [-0.4, -0.2) is 42.7 Å². The predicted molar refractivity (Wildman–Crippen MR) is 127 cm³/mol. The zero-order valence-corrected chi connectivity index (χ0v) is 19.8. The molecule has 0 atom stereocenters. The van der Waals surface area contributed by atoms with Crippen molar-refractivity contribution in [2.24, 2.45) is 12.0 Å². The second-order valence-corrected chi connectivity index (χ2v) is 7.65. The van der Waals surface area contributed by atoms with Gasteiger partial charge in [-0.05, 0) is 44.2 Å². The lowest BCUT2D eigenvalue weighted by molar-refractivity contribution is 0.0976. The van der Waals surface area contributed by atoms with Gasteiger partial charge >= 0.3 is 0 Å². The van der Waals surface area contributed by atoms with Gasteiger partial charge in [0.25, 0.3) is 5.91 Å². The van der Waals surface area contributed by atoms with E-state index >= 15 is 0 Å². The maximum Gasteiger partial charge on any atom is 0.258 e. The first-order chi connectivity index (χ1) is 16.4. The minimum absolute atomic E-state index is 0.137. The molecule has 0 aliphatic carbocycles. The molecule has 0 saturated heterocycles. The molecule has 0 saturated carbocycles. The molecule has 10 heteroatoms. The molecular formula is C24H27N5O5. The molecule has 0 unspecified atom stereocenters. The van der Waals surface area contributed by atoms with Crippen molar-refractivity contribution in [1.82, 2.24) is 15.1 Å².